The van der Waals surface area contributed by atoms with Crippen LogP contribution in [0.2, 0.25) is 0 Å². The molecule has 0 bridgehead atoms. The molecule has 3 rings (SSSR count). The van der Waals surface area contributed by atoms with E-state index in [9.17, 15) is 4.57 Å². The molecule has 0 saturated heterocycles. The maximum absolute atomic E-state index is 14.2. The second-order valence-electron chi connectivity index (χ2n) is 6.18. The van der Waals surface area contributed by atoms with Crippen LogP contribution >= 0.6 is 7.29 Å². The molecule has 0 aliphatic heterocycles. The van der Waals surface area contributed by atoms with E-state index in [1.165, 1.54) is 0 Å². The summed E-state index contributed by atoms with van der Waals surface area (Å²) >= 11 is 0. The van der Waals surface area contributed by atoms with E-state index in [0.29, 0.717) is 0 Å². The SMILES string of the molecule is CC=CCC(NP(=O)(c1ccccc1)c1ccccc1)c1ccccc1. The lowest BCUT2D eigenvalue weighted by Crippen LogP contribution is -2.30. The predicted octanol–water partition coefficient (Wildman–Crippen LogP) is 5.21. The number of rotatable bonds is 7. The van der Waals surface area contributed by atoms with Gasteiger partial charge < -0.3 is 0 Å². The molecule has 0 saturated carbocycles. The van der Waals surface area contributed by atoms with Crippen LogP contribution in [0.5, 0.6) is 0 Å². The Balaban J connectivity index is 2.05. The van der Waals surface area contributed by atoms with Crippen molar-refractivity contribution in [2.75, 3.05) is 0 Å². The summed E-state index contributed by atoms with van der Waals surface area (Å²) in [4.78, 5) is 0. The first-order valence-electron chi connectivity index (χ1n) is 8.89. The Kier molecular flexibility index (Phi) is 6.22. The molecule has 0 aliphatic carbocycles. The summed E-state index contributed by atoms with van der Waals surface area (Å²) in [6.07, 6.45) is 4.93. The van der Waals surface area contributed by atoms with Crippen LogP contribution in [0.15, 0.2) is 103 Å². The second kappa shape index (κ2) is 8.80. The molecule has 3 aromatic carbocycles. The van der Waals surface area contributed by atoms with Crippen molar-refractivity contribution in [3.8, 4) is 0 Å². The molecule has 0 spiro atoms. The molecule has 0 fully saturated rings. The van der Waals surface area contributed by atoms with E-state index >= 15 is 0 Å². The number of benzene rings is 3. The van der Waals surface area contributed by atoms with Gasteiger partial charge in [0.1, 0.15) is 0 Å². The van der Waals surface area contributed by atoms with E-state index in [4.69, 9.17) is 0 Å². The molecule has 0 radical (unpaired) electrons. The lowest BCUT2D eigenvalue weighted by atomic mass is 10.0. The monoisotopic (exact) mass is 361 g/mol. The normalized spacial score (nSPS) is 13.0. The quantitative estimate of drug-likeness (QED) is 0.462. The average molecular weight is 361 g/mol. The third-order valence-corrected chi connectivity index (χ3v) is 7.11. The van der Waals surface area contributed by atoms with Crippen LogP contribution < -0.4 is 15.7 Å². The van der Waals surface area contributed by atoms with Crippen LogP contribution in [0.25, 0.3) is 0 Å². The smallest absolute Gasteiger partial charge is 0.205 e. The van der Waals surface area contributed by atoms with Gasteiger partial charge in [-0.25, -0.2) is 0 Å². The Hall–Kier alpha value is -2.41. The molecular weight excluding hydrogens is 337 g/mol. The van der Waals surface area contributed by atoms with E-state index in [1.54, 1.807) is 0 Å². The van der Waals surface area contributed by atoms with E-state index in [0.717, 1.165) is 22.6 Å². The lowest BCUT2D eigenvalue weighted by Gasteiger charge is -2.27. The van der Waals surface area contributed by atoms with Gasteiger partial charge in [-0.2, -0.15) is 0 Å². The molecule has 0 heterocycles. The molecule has 0 aromatic heterocycles. The van der Waals surface area contributed by atoms with Gasteiger partial charge in [0.2, 0.25) is 7.29 Å². The van der Waals surface area contributed by atoms with E-state index in [-0.39, 0.29) is 6.04 Å². The summed E-state index contributed by atoms with van der Waals surface area (Å²) in [6.45, 7) is 2.01. The van der Waals surface area contributed by atoms with Crippen molar-refractivity contribution in [2.45, 2.75) is 19.4 Å². The van der Waals surface area contributed by atoms with Gasteiger partial charge in [-0.15, -0.1) is 0 Å². The number of hydrogen-bond acceptors (Lipinski definition) is 1. The fraction of sp³-hybridized carbons (Fsp3) is 0.130. The van der Waals surface area contributed by atoms with Crippen LogP contribution in [0.3, 0.4) is 0 Å². The van der Waals surface area contributed by atoms with Gasteiger partial charge in [0.15, 0.2) is 0 Å². The zero-order chi connectivity index (χ0) is 18.2. The molecule has 0 aliphatic rings. The minimum Gasteiger partial charge on any atom is -0.297 e. The van der Waals surface area contributed by atoms with Gasteiger partial charge in [-0.05, 0) is 43.2 Å². The Morgan fingerprint density at radius 3 is 1.73 bits per heavy atom. The molecule has 132 valence electrons. The molecule has 0 amide bonds. The van der Waals surface area contributed by atoms with Crippen molar-refractivity contribution in [2.24, 2.45) is 0 Å². The number of hydrogen-bond donors (Lipinski definition) is 1. The maximum atomic E-state index is 14.2. The first-order chi connectivity index (χ1) is 12.7. The van der Waals surface area contributed by atoms with Gasteiger partial charge in [0.25, 0.3) is 0 Å². The van der Waals surface area contributed by atoms with Crippen molar-refractivity contribution in [1.29, 1.82) is 0 Å². The largest absolute Gasteiger partial charge is 0.297 e. The van der Waals surface area contributed by atoms with Crippen LogP contribution in [-0.2, 0) is 4.57 Å². The third-order valence-electron chi connectivity index (χ3n) is 4.39. The topological polar surface area (TPSA) is 29.1 Å². The van der Waals surface area contributed by atoms with E-state index in [1.807, 2.05) is 91.9 Å². The molecule has 3 aromatic rings. The van der Waals surface area contributed by atoms with Crippen molar-refractivity contribution in [3.05, 3.63) is 109 Å². The fourth-order valence-corrected chi connectivity index (χ4v) is 5.49. The summed E-state index contributed by atoms with van der Waals surface area (Å²) in [5.74, 6) is 0. The third kappa shape index (κ3) is 4.22. The molecule has 1 N–H and O–H groups in total. The molecule has 2 nitrogen and oxygen atoms in total. The van der Waals surface area contributed by atoms with Crippen molar-refractivity contribution < 1.29 is 4.57 Å². The Morgan fingerprint density at radius 2 is 1.27 bits per heavy atom. The van der Waals surface area contributed by atoms with Crippen LogP contribution in [0.4, 0.5) is 0 Å². The molecule has 1 unspecified atom stereocenters. The van der Waals surface area contributed by atoms with Crippen LogP contribution in [0, 0.1) is 0 Å². The predicted molar refractivity (Wildman–Crippen MR) is 112 cm³/mol. The van der Waals surface area contributed by atoms with Crippen LogP contribution in [-0.4, -0.2) is 0 Å². The Bertz CT molecular complexity index is 832. The zero-order valence-corrected chi connectivity index (χ0v) is 15.8. The Labute approximate surface area is 156 Å². The summed E-state index contributed by atoms with van der Waals surface area (Å²) in [5, 5.41) is 5.17. The molecular formula is C23H24NOP. The zero-order valence-electron chi connectivity index (χ0n) is 15.0. The van der Waals surface area contributed by atoms with Gasteiger partial charge in [0.05, 0.1) is 0 Å². The standard InChI is InChI=1S/C23H24NOP/c1-2-3-19-23(20-13-7-4-8-14-20)24-26(25,21-15-9-5-10-16-21)22-17-11-6-12-18-22/h2-18,23H,19H2,1H3,(H,24,25). The maximum Gasteiger partial charge on any atom is 0.205 e. The number of nitrogens with one attached hydrogen (secondary N) is 1. The molecule has 1 atom stereocenters. The fourth-order valence-electron chi connectivity index (χ4n) is 3.01. The van der Waals surface area contributed by atoms with Crippen molar-refractivity contribution >= 4 is 17.9 Å². The Morgan fingerprint density at radius 1 is 0.808 bits per heavy atom. The summed E-state index contributed by atoms with van der Waals surface area (Å²) in [5.41, 5.74) is 1.14. The minimum atomic E-state index is -2.97. The van der Waals surface area contributed by atoms with Gasteiger partial charge >= 0.3 is 0 Å². The first-order valence-corrected chi connectivity index (χ1v) is 10.6. The van der Waals surface area contributed by atoms with Crippen molar-refractivity contribution in [1.82, 2.24) is 5.09 Å². The van der Waals surface area contributed by atoms with Gasteiger partial charge in [-0.3, -0.25) is 9.65 Å². The second-order valence-corrected chi connectivity index (χ2v) is 8.69. The summed E-state index contributed by atoms with van der Waals surface area (Å²) < 4.78 is 14.2. The highest BCUT2D eigenvalue weighted by molar-refractivity contribution is 7.76. The van der Waals surface area contributed by atoms with Crippen LogP contribution in [0.1, 0.15) is 24.9 Å². The van der Waals surface area contributed by atoms with Gasteiger partial charge in [0, 0.05) is 16.7 Å². The number of allylic oxidation sites excluding steroid dienone is 1. The average Bonchev–Trinajstić information content (AvgIpc) is 2.73. The summed E-state index contributed by atoms with van der Waals surface area (Å²) in [7, 11) is -2.97. The van der Waals surface area contributed by atoms with E-state index < -0.39 is 7.29 Å². The highest BCUT2D eigenvalue weighted by atomic mass is 31.2. The van der Waals surface area contributed by atoms with E-state index in [2.05, 4.69) is 23.3 Å². The summed E-state index contributed by atoms with van der Waals surface area (Å²) in [6, 6.07) is 29.6. The molecule has 3 heteroatoms. The highest BCUT2D eigenvalue weighted by Gasteiger charge is 2.30. The minimum absolute atomic E-state index is 0.0290. The van der Waals surface area contributed by atoms with Gasteiger partial charge in [-0.1, -0.05) is 78.9 Å². The highest BCUT2D eigenvalue weighted by Crippen LogP contribution is 2.42. The molecule has 26 heavy (non-hydrogen) atoms. The first kappa shape index (κ1) is 18.4. The van der Waals surface area contributed by atoms with Crippen molar-refractivity contribution in [3.63, 3.8) is 0 Å². The lowest BCUT2D eigenvalue weighted by molar-refractivity contribution is 0.561.